The van der Waals surface area contributed by atoms with Crippen LogP contribution in [0, 0.1) is 34.3 Å². The van der Waals surface area contributed by atoms with Gasteiger partial charge in [0.05, 0.1) is 45.5 Å². The Morgan fingerprint density at radius 3 is 1.38 bits per heavy atom. The summed E-state index contributed by atoms with van der Waals surface area (Å²) in [5, 5.41) is 18.8. The van der Waals surface area contributed by atoms with Gasteiger partial charge in [0.2, 0.25) is 0 Å². The van der Waals surface area contributed by atoms with Gasteiger partial charge in [-0.3, -0.25) is 18.2 Å². The molecule has 12 nitrogen and oxygen atoms in total. The number of hydrogen-bond acceptors (Lipinski definition) is 10. The summed E-state index contributed by atoms with van der Waals surface area (Å²) in [4.78, 5) is 24.4. The molecule has 0 bridgehead atoms. The van der Waals surface area contributed by atoms with Crippen molar-refractivity contribution in [2.75, 3.05) is 34.9 Å². The van der Waals surface area contributed by atoms with E-state index in [1.807, 2.05) is 0 Å². The molecule has 0 saturated heterocycles. The number of ether oxygens (including phenoxy) is 2. The summed E-state index contributed by atoms with van der Waals surface area (Å²) in [6.07, 6.45) is 0. The Balaban J connectivity index is 1.99. The summed E-state index contributed by atoms with van der Waals surface area (Å²) in [5.74, 6) is -3.83. The van der Waals surface area contributed by atoms with Crippen molar-refractivity contribution >= 4 is 54.1 Å². The number of anilines is 2. The van der Waals surface area contributed by atoms with E-state index in [4.69, 9.17) is 9.47 Å². The second-order valence-corrected chi connectivity index (χ2v) is 13.5. The number of esters is 2. The van der Waals surface area contributed by atoms with Crippen LogP contribution in [-0.2, 0) is 39.1 Å². The zero-order chi connectivity index (χ0) is 35.2. The van der Waals surface area contributed by atoms with Crippen LogP contribution in [0.25, 0.3) is 10.8 Å². The van der Waals surface area contributed by atoms with Crippen molar-refractivity contribution in [3.8, 4) is 12.1 Å². The standard InChI is InChI=1S/C32H26F2N4O8S2/c1-3-45-31(39)19-37(47(41,42)23-9-11-27(33)21(15-23)17-35)29-13-14-30(26-8-6-5-7-25(26)29)38(20-32(40)46-4-2)48(43,44)24-10-12-28(34)22(16-24)18-36/h5-16H,3-4,19-20H2,1-2H3. The van der Waals surface area contributed by atoms with Crippen LogP contribution in [0.2, 0.25) is 0 Å². The largest absolute Gasteiger partial charge is 0.465 e. The number of hydrogen-bond donors (Lipinski definition) is 0. The molecule has 0 atom stereocenters. The molecule has 4 aromatic rings. The van der Waals surface area contributed by atoms with Gasteiger partial charge in [0.25, 0.3) is 20.0 Å². The number of benzene rings is 4. The average Bonchev–Trinajstić information content (AvgIpc) is 3.06. The number of nitriles is 2. The lowest BCUT2D eigenvalue weighted by Gasteiger charge is -2.28. The first-order chi connectivity index (χ1) is 22.8. The minimum absolute atomic E-state index is 0.0842. The van der Waals surface area contributed by atoms with Crippen molar-refractivity contribution in [1.82, 2.24) is 0 Å². The van der Waals surface area contributed by atoms with E-state index in [1.165, 1.54) is 50.2 Å². The van der Waals surface area contributed by atoms with Gasteiger partial charge < -0.3 is 9.47 Å². The van der Waals surface area contributed by atoms with Crippen molar-refractivity contribution in [3.05, 3.63) is 95.6 Å². The second kappa shape index (κ2) is 14.5. The summed E-state index contributed by atoms with van der Waals surface area (Å²) in [7, 11) is -9.42. The van der Waals surface area contributed by atoms with E-state index in [2.05, 4.69) is 0 Å². The van der Waals surface area contributed by atoms with Crippen molar-refractivity contribution < 1.29 is 44.7 Å². The lowest BCUT2D eigenvalue weighted by molar-refractivity contribution is -0.142. The first-order valence-electron chi connectivity index (χ1n) is 14.1. The Morgan fingerprint density at radius 1 is 0.667 bits per heavy atom. The quantitative estimate of drug-likeness (QED) is 0.193. The molecule has 0 N–H and O–H groups in total. The molecule has 248 valence electrons. The molecule has 0 amide bonds. The van der Waals surface area contributed by atoms with E-state index < -0.39 is 77.6 Å². The third-order valence-electron chi connectivity index (χ3n) is 6.86. The second-order valence-electron chi connectivity index (χ2n) is 9.79. The van der Waals surface area contributed by atoms with Gasteiger partial charge in [-0.1, -0.05) is 24.3 Å². The fourth-order valence-corrected chi connectivity index (χ4v) is 7.61. The van der Waals surface area contributed by atoms with Crippen LogP contribution < -0.4 is 8.61 Å². The van der Waals surface area contributed by atoms with Gasteiger partial charge in [-0.2, -0.15) is 10.5 Å². The zero-order valence-electron chi connectivity index (χ0n) is 25.4. The monoisotopic (exact) mass is 696 g/mol. The molecule has 0 aliphatic rings. The maximum Gasteiger partial charge on any atom is 0.326 e. The van der Waals surface area contributed by atoms with Crippen LogP contribution in [0.1, 0.15) is 25.0 Å². The Bertz CT molecular complexity index is 2060. The van der Waals surface area contributed by atoms with Gasteiger partial charge in [-0.05, 0) is 62.4 Å². The third kappa shape index (κ3) is 7.05. The lowest BCUT2D eigenvalue weighted by atomic mass is 10.1. The molecular formula is C32H26F2N4O8S2. The number of carbonyl (C=O) groups is 2. The lowest BCUT2D eigenvalue weighted by Crippen LogP contribution is -2.38. The van der Waals surface area contributed by atoms with Gasteiger partial charge in [0.15, 0.2) is 0 Å². The predicted molar refractivity (Wildman–Crippen MR) is 169 cm³/mol. The molecule has 0 fully saturated rings. The van der Waals surface area contributed by atoms with Crippen molar-refractivity contribution in [3.63, 3.8) is 0 Å². The van der Waals surface area contributed by atoms with Gasteiger partial charge in [0.1, 0.15) is 36.9 Å². The maximum atomic E-state index is 14.1. The molecular weight excluding hydrogens is 671 g/mol. The molecule has 4 aromatic carbocycles. The average molecular weight is 697 g/mol. The number of halogens is 2. The summed E-state index contributed by atoms with van der Waals surface area (Å²) in [6, 6.07) is 16.5. The zero-order valence-corrected chi connectivity index (χ0v) is 27.0. The third-order valence-corrected chi connectivity index (χ3v) is 10.4. The first kappa shape index (κ1) is 35.3. The molecule has 0 aromatic heterocycles. The highest BCUT2D eigenvalue weighted by molar-refractivity contribution is 7.93. The Hall–Kier alpha value is -5.58. The van der Waals surface area contributed by atoms with Gasteiger partial charge in [0, 0.05) is 10.8 Å². The number of sulfonamides is 2. The SMILES string of the molecule is CCOC(=O)CN(c1ccc(N(CC(=O)OCC)S(=O)(=O)c2ccc(F)c(C#N)c2)c2ccccc12)S(=O)(=O)c1ccc(F)c(C#N)c1. The maximum absolute atomic E-state index is 14.1. The van der Waals surface area contributed by atoms with E-state index in [0.29, 0.717) is 8.61 Å². The number of rotatable bonds is 12. The van der Waals surface area contributed by atoms with Crippen molar-refractivity contribution in [1.29, 1.82) is 10.5 Å². The Kier molecular flexibility index (Phi) is 10.6. The molecule has 4 rings (SSSR count). The predicted octanol–water partition coefficient (Wildman–Crippen LogP) is 4.38. The molecule has 48 heavy (non-hydrogen) atoms. The Morgan fingerprint density at radius 2 is 1.04 bits per heavy atom. The van der Waals surface area contributed by atoms with Crippen LogP contribution >= 0.6 is 0 Å². The van der Waals surface area contributed by atoms with Crippen LogP contribution in [0.4, 0.5) is 20.2 Å². The molecule has 0 aliphatic heterocycles. The molecule has 0 aliphatic carbocycles. The summed E-state index contributed by atoms with van der Waals surface area (Å²) in [5.41, 5.74) is -1.39. The molecule has 0 heterocycles. The number of nitrogens with zero attached hydrogens (tertiary/aromatic N) is 4. The fraction of sp³-hybridized carbons (Fsp3) is 0.188. The smallest absolute Gasteiger partial charge is 0.326 e. The van der Waals surface area contributed by atoms with Gasteiger partial charge in [-0.15, -0.1) is 0 Å². The van der Waals surface area contributed by atoms with E-state index in [1.54, 1.807) is 12.1 Å². The van der Waals surface area contributed by atoms with E-state index in [9.17, 15) is 45.7 Å². The molecule has 0 unspecified atom stereocenters. The molecule has 0 radical (unpaired) electrons. The van der Waals surface area contributed by atoms with Crippen LogP contribution in [0.15, 0.2) is 82.6 Å². The van der Waals surface area contributed by atoms with Gasteiger partial charge in [-0.25, -0.2) is 25.6 Å². The Labute approximate surface area is 275 Å². The minimum atomic E-state index is -4.71. The van der Waals surface area contributed by atoms with E-state index >= 15 is 0 Å². The van der Waals surface area contributed by atoms with E-state index in [0.717, 1.165) is 36.4 Å². The molecule has 0 saturated carbocycles. The molecule has 0 spiro atoms. The van der Waals surface area contributed by atoms with Crippen molar-refractivity contribution in [2.24, 2.45) is 0 Å². The number of fused-ring (bicyclic) bond motifs is 1. The first-order valence-corrected chi connectivity index (χ1v) is 17.0. The topological polar surface area (TPSA) is 175 Å². The summed E-state index contributed by atoms with van der Waals surface area (Å²) in [6.45, 7) is 1.13. The highest BCUT2D eigenvalue weighted by Crippen LogP contribution is 2.39. The molecule has 16 heteroatoms. The highest BCUT2D eigenvalue weighted by Gasteiger charge is 2.33. The van der Waals surface area contributed by atoms with E-state index in [-0.39, 0.29) is 35.4 Å². The number of carbonyl (C=O) groups excluding carboxylic acids is 2. The van der Waals surface area contributed by atoms with Crippen molar-refractivity contribution in [2.45, 2.75) is 23.6 Å². The fourth-order valence-electron chi connectivity index (χ4n) is 4.70. The summed E-state index contributed by atoms with van der Waals surface area (Å²) < 4.78 is 95.7. The highest BCUT2D eigenvalue weighted by atomic mass is 32.2. The van der Waals surface area contributed by atoms with Crippen LogP contribution in [0.3, 0.4) is 0 Å². The summed E-state index contributed by atoms with van der Waals surface area (Å²) >= 11 is 0. The normalized spacial score (nSPS) is 11.3. The van der Waals surface area contributed by atoms with Crippen LogP contribution in [0.5, 0.6) is 0 Å². The van der Waals surface area contributed by atoms with Crippen LogP contribution in [-0.4, -0.2) is 55.1 Å². The van der Waals surface area contributed by atoms with Gasteiger partial charge >= 0.3 is 11.9 Å². The minimum Gasteiger partial charge on any atom is -0.465 e.